The molecule has 0 radical (unpaired) electrons. The van der Waals surface area contributed by atoms with Crippen molar-refractivity contribution in [1.29, 1.82) is 0 Å². The molecule has 7 nitrogen and oxygen atoms in total. The molecule has 0 aliphatic carbocycles. The Balaban J connectivity index is 1.48. The highest BCUT2D eigenvalue weighted by atomic mass is 19.1. The van der Waals surface area contributed by atoms with Crippen molar-refractivity contribution in [2.75, 3.05) is 7.11 Å². The first-order valence-electron chi connectivity index (χ1n) is 12.3. The maximum absolute atomic E-state index is 13.7. The Hall–Kier alpha value is -4.72. The van der Waals surface area contributed by atoms with E-state index in [2.05, 4.69) is 10.3 Å². The van der Waals surface area contributed by atoms with E-state index < -0.39 is 0 Å². The molecule has 1 aliphatic rings. The number of hydrogen-bond acceptors (Lipinski definition) is 4. The third kappa shape index (κ3) is 5.20. The fourth-order valence-electron chi connectivity index (χ4n) is 4.39. The second kappa shape index (κ2) is 10.7. The molecule has 1 saturated heterocycles. The van der Waals surface area contributed by atoms with E-state index in [4.69, 9.17) is 9.73 Å². The minimum Gasteiger partial charge on any atom is -0.495 e. The molecule has 1 N–H and O–H groups in total. The molecule has 1 amide bonds. The lowest BCUT2D eigenvalue weighted by atomic mass is 10.1. The highest BCUT2D eigenvalue weighted by Crippen LogP contribution is 2.29. The Morgan fingerprint density at radius 3 is 2.55 bits per heavy atom. The average molecular weight is 510 g/mol. The van der Waals surface area contributed by atoms with Crippen molar-refractivity contribution in [3.63, 3.8) is 0 Å². The number of aromatic nitrogens is 2. The van der Waals surface area contributed by atoms with Gasteiger partial charge in [0.15, 0.2) is 0 Å². The summed E-state index contributed by atoms with van der Waals surface area (Å²) in [5.74, 6) is 0.548. The maximum atomic E-state index is 13.7. The van der Waals surface area contributed by atoms with E-state index in [9.17, 15) is 9.18 Å². The lowest BCUT2D eigenvalue weighted by Gasteiger charge is -2.24. The fraction of sp³-hybridized carbons (Fsp3) is 0.167. The van der Waals surface area contributed by atoms with Crippen LogP contribution in [0.15, 0.2) is 96.0 Å². The van der Waals surface area contributed by atoms with Gasteiger partial charge in [-0.2, -0.15) is 0 Å². The van der Waals surface area contributed by atoms with Crippen LogP contribution < -0.4 is 10.1 Å². The molecule has 0 saturated carbocycles. The summed E-state index contributed by atoms with van der Waals surface area (Å²) in [4.78, 5) is 24.3. The summed E-state index contributed by atoms with van der Waals surface area (Å²) in [5, 5.41) is 3.22. The van der Waals surface area contributed by atoms with Crippen molar-refractivity contribution in [2.45, 2.75) is 26.4 Å². The third-order valence-electron chi connectivity index (χ3n) is 6.42. The summed E-state index contributed by atoms with van der Waals surface area (Å²) in [6, 6.07) is 21.3. The number of carbonyl (C=O) groups excluding carboxylic acids is 1. The molecular weight excluding hydrogens is 481 g/mol. The van der Waals surface area contributed by atoms with Gasteiger partial charge in [-0.25, -0.2) is 14.4 Å². The topological polar surface area (TPSA) is 71.8 Å². The van der Waals surface area contributed by atoms with Crippen molar-refractivity contribution < 1.29 is 13.9 Å². The smallest absolute Gasteiger partial charge is 0.277 e. The zero-order valence-electron chi connectivity index (χ0n) is 21.4. The van der Waals surface area contributed by atoms with Gasteiger partial charge in [-0.1, -0.05) is 48.5 Å². The van der Waals surface area contributed by atoms with E-state index in [1.54, 1.807) is 36.5 Å². The van der Waals surface area contributed by atoms with Crippen LogP contribution in [0.5, 0.6) is 5.75 Å². The molecule has 1 fully saturated rings. The van der Waals surface area contributed by atoms with Crippen molar-refractivity contribution in [3.8, 4) is 11.4 Å². The van der Waals surface area contributed by atoms with Gasteiger partial charge in [-0.3, -0.25) is 9.69 Å². The van der Waals surface area contributed by atoms with Crippen molar-refractivity contribution >= 4 is 17.9 Å². The van der Waals surface area contributed by atoms with Gasteiger partial charge in [0.1, 0.15) is 17.3 Å². The molecule has 5 rings (SSSR count). The highest BCUT2D eigenvalue weighted by molar-refractivity contribution is 6.15. The first-order valence-corrected chi connectivity index (χ1v) is 12.3. The van der Waals surface area contributed by atoms with Gasteiger partial charge in [-0.05, 0) is 60.9 Å². The summed E-state index contributed by atoms with van der Waals surface area (Å²) in [6.07, 6.45) is 5.43. The molecule has 0 bridgehead atoms. The Morgan fingerprint density at radius 1 is 1.11 bits per heavy atom. The Labute approximate surface area is 220 Å². The lowest BCUT2D eigenvalue weighted by Crippen LogP contribution is -2.35. The highest BCUT2D eigenvalue weighted by Gasteiger charge is 2.36. The van der Waals surface area contributed by atoms with Crippen molar-refractivity contribution in [1.82, 2.24) is 19.8 Å². The van der Waals surface area contributed by atoms with E-state index >= 15 is 0 Å². The quantitative estimate of drug-likeness (QED) is 0.338. The van der Waals surface area contributed by atoms with E-state index in [1.165, 1.54) is 12.1 Å². The van der Waals surface area contributed by atoms with E-state index in [-0.39, 0.29) is 17.8 Å². The van der Waals surface area contributed by atoms with Gasteiger partial charge in [0.05, 0.1) is 37.4 Å². The number of aliphatic imine (C=N–C) groups is 1. The molecule has 1 aromatic heterocycles. The second-order valence-corrected chi connectivity index (χ2v) is 9.06. The molecule has 2 heterocycles. The number of nitrogens with one attached hydrogen (secondary N) is 1. The first kappa shape index (κ1) is 25.0. The normalized spacial score (nSPS) is 16.2. The predicted molar refractivity (Wildman–Crippen MR) is 145 cm³/mol. The minimum atomic E-state index is -0.364. The van der Waals surface area contributed by atoms with Gasteiger partial charge in [-0.15, -0.1) is 0 Å². The van der Waals surface area contributed by atoms with Crippen LogP contribution in [0.1, 0.15) is 35.3 Å². The zero-order valence-corrected chi connectivity index (χ0v) is 21.4. The van der Waals surface area contributed by atoms with Crippen LogP contribution in [0.2, 0.25) is 0 Å². The average Bonchev–Trinajstić information content (AvgIpc) is 3.50. The van der Waals surface area contributed by atoms with Gasteiger partial charge < -0.3 is 14.6 Å². The van der Waals surface area contributed by atoms with E-state index in [0.29, 0.717) is 24.0 Å². The number of ether oxygens (including phenoxy) is 1. The molecule has 4 aromatic rings. The van der Waals surface area contributed by atoms with Crippen LogP contribution in [0.4, 0.5) is 4.39 Å². The van der Waals surface area contributed by atoms with Crippen LogP contribution in [0.25, 0.3) is 11.8 Å². The molecule has 0 unspecified atom stereocenters. The molecule has 0 spiro atoms. The largest absolute Gasteiger partial charge is 0.495 e. The molecule has 1 atom stereocenters. The van der Waals surface area contributed by atoms with Crippen LogP contribution in [-0.4, -0.2) is 33.4 Å². The van der Waals surface area contributed by atoms with Gasteiger partial charge in [0.25, 0.3) is 5.91 Å². The van der Waals surface area contributed by atoms with E-state index in [1.807, 2.05) is 73.1 Å². The van der Waals surface area contributed by atoms with Gasteiger partial charge in [0.2, 0.25) is 5.96 Å². The molecule has 38 heavy (non-hydrogen) atoms. The SMILES string of the molecule is COc1cc(/C=C2\N/C(=N\Cc3ccccc3)N([C@H](C)c3ccc(F)cc3)C2=O)ccc1-n1cnc(C)c1. The summed E-state index contributed by atoms with van der Waals surface area (Å²) < 4.78 is 21.1. The maximum Gasteiger partial charge on any atom is 0.277 e. The van der Waals surface area contributed by atoms with Crippen LogP contribution >= 0.6 is 0 Å². The molecule has 192 valence electrons. The summed E-state index contributed by atoms with van der Waals surface area (Å²) in [5.41, 5.74) is 4.75. The number of hydrogen-bond donors (Lipinski definition) is 1. The van der Waals surface area contributed by atoms with Crippen molar-refractivity contribution in [2.24, 2.45) is 4.99 Å². The number of rotatable bonds is 7. The Kier molecular flexibility index (Phi) is 7.04. The number of guanidine groups is 1. The number of imidazole rings is 1. The summed E-state index contributed by atoms with van der Waals surface area (Å²) in [7, 11) is 1.61. The lowest BCUT2D eigenvalue weighted by molar-refractivity contribution is -0.123. The molecule has 3 aromatic carbocycles. The second-order valence-electron chi connectivity index (χ2n) is 9.06. The predicted octanol–water partition coefficient (Wildman–Crippen LogP) is 5.42. The monoisotopic (exact) mass is 509 g/mol. The summed E-state index contributed by atoms with van der Waals surface area (Å²) >= 11 is 0. The molecule has 1 aliphatic heterocycles. The fourth-order valence-corrected chi connectivity index (χ4v) is 4.39. The molecular formula is C30H28FN5O2. The number of benzene rings is 3. The summed E-state index contributed by atoms with van der Waals surface area (Å²) in [6.45, 7) is 4.23. The van der Waals surface area contributed by atoms with Crippen LogP contribution in [0.3, 0.4) is 0 Å². The number of halogens is 1. The number of carbonyl (C=O) groups is 1. The number of nitrogens with zero attached hydrogens (tertiary/aromatic N) is 4. The standard InChI is InChI=1S/C30H28FN5O2/c1-20-18-35(19-33-20)27-14-9-23(16-28(27)38-3)15-26-29(37)36(21(2)24-10-12-25(31)13-11-24)30(34-26)32-17-22-7-5-4-6-8-22/h4-16,18-19,21H,17H2,1-3H3,(H,32,34)/b26-15-/t21-/m1/s1. The Bertz CT molecular complexity index is 1510. The van der Waals surface area contributed by atoms with Crippen LogP contribution in [0, 0.1) is 12.7 Å². The Morgan fingerprint density at radius 2 is 1.87 bits per heavy atom. The van der Waals surface area contributed by atoms with Crippen LogP contribution in [-0.2, 0) is 11.3 Å². The number of aryl methyl sites for hydroxylation is 1. The number of methoxy groups -OCH3 is 1. The van der Waals surface area contributed by atoms with Gasteiger partial charge >= 0.3 is 0 Å². The number of amides is 1. The van der Waals surface area contributed by atoms with Crippen molar-refractivity contribution in [3.05, 3.63) is 119 Å². The zero-order chi connectivity index (χ0) is 26.6. The third-order valence-corrected chi connectivity index (χ3v) is 6.42. The molecule has 8 heteroatoms. The van der Waals surface area contributed by atoms with E-state index in [0.717, 1.165) is 28.1 Å². The van der Waals surface area contributed by atoms with Gasteiger partial charge in [0, 0.05) is 6.20 Å². The first-order chi connectivity index (χ1) is 18.4. The minimum absolute atomic E-state index is 0.220.